The van der Waals surface area contributed by atoms with E-state index in [1.165, 1.54) is 6.07 Å². The van der Waals surface area contributed by atoms with E-state index < -0.39 is 15.4 Å². The zero-order valence-corrected chi connectivity index (χ0v) is 18.1. The number of hydrogen-bond donors (Lipinski definition) is 2. The zero-order chi connectivity index (χ0) is 20.2. The van der Waals surface area contributed by atoms with Gasteiger partial charge in [-0.15, -0.1) is 0 Å². The van der Waals surface area contributed by atoms with Gasteiger partial charge in [-0.3, -0.25) is 9.52 Å². The molecule has 0 aromatic heterocycles. The Hall–Kier alpha value is -2.06. The first kappa shape index (κ1) is 21.2. The summed E-state index contributed by atoms with van der Waals surface area (Å²) in [5, 5.41) is 2.78. The molecule has 1 amide bonds. The van der Waals surface area contributed by atoms with Gasteiger partial charge in [0.25, 0.3) is 10.0 Å². The van der Waals surface area contributed by atoms with Crippen LogP contribution in [0.3, 0.4) is 0 Å². The lowest BCUT2D eigenvalue weighted by molar-refractivity contribution is -0.123. The summed E-state index contributed by atoms with van der Waals surface area (Å²) in [5.74, 6) is 0.110. The number of carbonyl (C=O) groups is 1. The predicted molar refractivity (Wildman–Crippen MR) is 111 cm³/mol. The topological polar surface area (TPSA) is 84.5 Å². The highest BCUT2D eigenvalue weighted by Gasteiger charge is 2.22. The van der Waals surface area contributed by atoms with E-state index in [2.05, 4.69) is 26.0 Å². The van der Waals surface area contributed by atoms with E-state index in [1.807, 2.05) is 0 Å². The van der Waals surface area contributed by atoms with Gasteiger partial charge in [0.1, 0.15) is 10.6 Å². The van der Waals surface area contributed by atoms with Crippen molar-refractivity contribution in [2.75, 3.05) is 16.6 Å². The van der Waals surface area contributed by atoms with Crippen LogP contribution in [0, 0.1) is 5.41 Å². The van der Waals surface area contributed by atoms with Crippen molar-refractivity contribution in [2.24, 2.45) is 5.41 Å². The van der Waals surface area contributed by atoms with Crippen LogP contribution >= 0.6 is 15.9 Å². The fourth-order valence-electron chi connectivity index (χ4n) is 2.16. The van der Waals surface area contributed by atoms with Gasteiger partial charge in [-0.1, -0.05) is 42.8 Å². The number of anilines is 2. The van der Waals surface area contributed by atoms with Crippen molar-refractivity contribution < 1.29 is 17.9 Å². The number of carbonyl (C=O) groups excluding carboxylic acids is 1. The van der Waals surface area contributed by atoms with Gasteiger partial charge in [0.2, 0.25) is 5.91 Å². The third kappa shape index (κ3) is 5.71. The molecule has 6 nitrogen and oxygen atoms in total. The quantitative estimate of drug-likeness (QED) is 0.665. The Morgan fingerprint density at radius 2 is 1.78 bits per heavy atom. The highest BCUT2D eigenvalue weighted by atomic mass is 79.9. The predicted octanol–water partition coefficient (Wildman–Crippen LogP) is 4.63. The number of amides is 1. The van der Waals surface area contributed by atoms with Gasteiger partial charge < -0.3 is 10.1 Å². The van der Waals surface area contributed by atoms with Crippen LogP contribution < -0.4 is 14.8 Å². The number of nitrogens with one attached hydrogen (secondary N) is 2. The standard InChI is InChI=1S/C19H23BrN2O4S/c1-5-26-16-10-9-13(20)11-17(16)27(24,25)22-15-8-6-7-14(12-15)21-18(23)19(2,3)4/h6-12,22H,5H2,1-4H3,(H,21,23). The Morgan fingerprint density at radius 3 is 2.41 bits per heavy atom. The summed E-state index contributed by atoms with van der Waals surface area (Å²) >= 11 is 3.29. The van der Waals surface area contributed by atoms with Crippen molar-refractivity contribution in [1.82, 2.24) is 0 Å². The number of ether oxygens (including phenoxy) is 1. The molecule has 0 aliphatic heterocycles. The molecule has 0 saturated heterocycles. The van der Waals surface area contributed by atoms with Gasteiger partial charge in [0, 0.05) is 15.6 Å². The van der Waals surface area contributed by atoms with Crippen LogP contribution in [-0.2, 0) is 14.8 Å². The third-order valence-electron chi connectivity index (χ3n) is 3.55. The molecule has 2 rings (SSSR count). The molecule has 0 aliphatic rings. The second-order valence-electron chi connectivity index (χ2n) is 6.91. The van der Waals surface area contributed by atoms with Crippen molar-refractivity contribution in [3.63, 3.8) is 0 Å². The lowest BCUT2D eigenvalue weighted by Gasteiger charge is -2.18. The fraction of sp³-hybridized carbons (Fsp3) is 0.316. The van der Waals surface area contributed by atoms with Gasteiger partial charge in [0.15, 0.2) is 0 Å². The lowest BCUT2D eigenvalue weighted by Crippen LogP contribution is -2.27. The monoisotopic (exact) mass is 454 g/mol. The second-order valence-corrected chi connectivity index (χ2v) is 9.48. The lowest BCUT2D eigenvalue weighted by atomic mass is 9.95. The van der Waals surface area contributed by atoms with E-state index in [0.717, 1.165) is 0 Å². The van der Waals surface area contributed by atoms with Crippen LogP contribution in [0.25, 0.3) is 0 Å². The summed E-state index contributed by atoms with van der Waals surface area (Å²) in [6, 6.07) is 11.3. The van der Waals surface area contributed by atoms with Crippen LogP contribution in [0.15, 0.2) is 51.8 Å². The molecular weight excluding hydrogens is 432 g/mol. The molecule has 2 aromatic rings. The molecule has 0 radical (unpaired) electrons. The van der Waals surface area contributed by atoms with Crippen LogP contribution in [0.2, 0.25) is 0 Å². The van der Waals surface area contributed by atoms with E-state index in [-0.39, 0.29) is 16.6 Å². The molecule has 0 heterocycles. The van der Waals surface area contributed by atoms with Gasteiger partial charge >= 0.3 is 0 Å². The molecule has 0 aliphatic carbocycles. The molecule has 0 atom stereocenters. The Bertz CT molecular complexity index is 937. The highest BCUT2D eigenvalue weighted by molar-refractivity contribution is 9.10. The number of halogens is 1. The minimum atomic E-state index is -3.88. The molecule has 2 N–H and O–H groups in total. The summed E-state index contributed by atoms with van der Waals surface area (Å²) in [6.07, 6.45) is 0. The summed E-state index contributed by atoms with van der Waals surface area (Å²) in [4.78, 5) is 12.2. The van der Waals surface area contributed by atoms with Crippen molar-refractivity contribution in [3.05, 3.63) is 46.9 Å². The molecule has 27 heavy (non-hydrogen) atoms. The molecule has 2 aromatic carbocycles. The normalized spacial score (nSPS) is 11.7. The van der Waals surface area contributed by atoms with E-state index in [4.69, 9.17) is 4.74 Å². The Kier molecular flexibility index (Phi) is 6.54. The summed E-state index contributed by atoms with van der Waals surface area (Å²) < 4.78 is 34.3. The summed E-state index contributed by atoms with van der Waals surface area (Å²) in [7, 11) is -3.88. The molecule has 0 saturated carbocycles. The average Bonchev–Trinajstić information content (AvgIpc) is 2.55. The van der Waals surface area contributed by atoms with Crippen molar-refractivity contribution in [3.8, 4) is 5.75 Å². The highest BCUT2D eigenvalue weighted by Crippen LogP contribution is 2.30. The van der Waals surface area contributed by atoms with Gasteiger partial charge in [-0.2, -0.15) is 0 Å². The first-order valence-electron chi connectivity index (χ1n) is 8.39. The SMILES string of the molecule is CCOc1ccc(Br)cc1S(=O)(=O)Nc1cccc(NC(=O)C(C)(C)C)c1. The maximum absolute atomic E-state index is 12.8. The third-order valence-corrected chi connectivity index (χ3v) is 5.44. The van der Waals surface area contributed by atoms with E-state index >= 15 is 0 Å². The smallest absolute Gasteiger partial charge is 0.265 e. The minimum absolute atomic E-state index is 0.0304. The van der Waals surface area contributed by atoms with Crippen LogP contribution in [0.1, 0.15) is 27.7 Å². The van der Waals surface area contributed by atoms with Crippen molar-refractivity contribution >= 4 is 43.2 Å². The second kappa shape index (κ2) is 8.31. The number of sulfonamides is 1. The van der Waals surface area contributed by atoms with Crippen LogP contribution in [0.5, 0.6) is 5.75 Å². The molecule has 0 spiro atoms. The largest absolute Gasteiger partial charge is 0.492 e. The van der Waals surface area contributed by atoms with E-state index in [0.29, 0.717) is 22.5 Å². The Labute approximate surface area is 168 Å². The first-order chi connectivity index (χ1) is 12.5. The van der Waals surface area contributed by atoms with Gasteiger partial charge in [0.05, 0.1) is 12.3 Å². The molecule has 0 bridgehead atoms. The average molecular weight is 455 g/mol. The van der Waals surface area contributed by atoms with Gasteiger partial charge in [-0.05, 0) is 43.3 Å². The van der Waals surface area contributed by atoms with Crippen LogP contribution in [-0.4, -0.2) is 20.9 Å². The number of benzene rings is 2. The van der Waals surface area contributed by atoms with E-state index in [1.54, 1.807) is 64.1 Å². The number of rotatable bonds is 6. The summed E-state index contributed by atoms with van der Waals surface area (Å²) in [5.41, 5.74) is 0.289. The van der Waals surface area contributed by atoms with Crippen molar-refractivity contribution in [1.29, 1.82) is 0 Å². The van der Waals surface area contributed by atoms with E-state index in [9.17, 15) is 13.2 Å². The molecule has 146 valence electrons. The number of hydrogen-bond acceptors (Lipinski definition) is 4. The molecular formula is C19H23BrN2O4S. The molecule has 0 unspecified atom stereocenters. The Balaban J connectivity index is 2.30. The molecule has 8 heteroatoms. The van der Waals surface area contributed by atoms with Gasteiger partial charge in [-0.25, -0.2) is 8.42 Å². The maximum Gasteiger partial charge on any atom is 0.265 e. The zero-order valence-electron chi connectivity index (χ0n) is 15.7. The Morgan fingerprint density at radius 1 is 1.11 bits per heavy atom. The fourth-order valence-corrected chi connectivity index (χ4v) is 3.89. The first-order valence-corrected chi connectivity index (χ1v) is 10.7. The molecule has 0 fully saturated rings. The maximum atomic E-state index is 12.8. The van der Waals surface area contributed by atoms with Crippen molar-refractivity contribution in [2.45, 2.75) is 32.6 Å². The minimum Gasteiger partial charge on any atom is -0.492 e. The van der Waals surface area contributed by atoms with Crippen LogP contribution in [0.4, 0.5) is 11.4 Å². The summed E-state index contributed by atoms with van der Waals surface area (Å²) in [6.45, 7) is 7.54.